The van der Waals surface area contributed by atoms with E-state index in [-0.39, 0.29) is 5.78 Å². The Balaban J connectivity index is 1.13. The summed E-state index contributed by atoms with van der Waals surface area (Å²) in [7, 11) is 0. The number of rotatable bonds is 10. The Bertz CT molecular complexity index is 1610. The maximum Gasteiger partial charge on any atom is 0.178 e. The first-order valence-electron chi connectivity index (χ1n) is 14.7. The first-order valence-corrected chi connectivity index (χ1v) is 14.7. The van der Waals surface area contributed by atoms with Crippen LogP contribution < -0.4 is 9.80 Å². The van der Waals surface area contributed by atoms with Crippen LogP contribution in [0, 0.1) is 0 Å². The van der Waals surface area contributed by atoms with E-state index in [0.29, 0.717) is 0 Å². The van der Waals surface area contributed by atoms with Crippen molar-refractivity contribution in [3.63, 3.8) is 0 Å². The maximum absolute atomic E-state index is 12.7. The van der Waals surface area contributed by atoms with Gasteiger partial charge in [-0.3, -0.25) is 4.79 Å². The number of anilines is 6. The molecule has 0 aliphatic rings. The molecular weight excluding hydrogens is 536 g/mol. The van der Waals surface area contributed by atoms with Gasteiger partial charge in [0.05, 0.1) is 0 Å². The van der Waals surface area contributed by atoms with Gasteiger partial charge in [-0.2, -0.15) is 0 Å². The van der Waals surface area contributed by atoms with Crippen molar-refractivity contribution in [2.75, 3.05) is 9.80 Å². The standard InChI is InChI=1S/C41H32N2O/c44-41(31-25-33-21-27-39(28-22-33)42(35-13-5-1-6-14-35)36-15-7-2-8-16-36)32-26-34-23-29-40(30-24-34)43(37-17-9-3-10-18-37)38-19-11-4-12-20-38/h1-32H. The molecule has 212 valence electrons. The summed E-state index contributed by atoms with van der Waals surface area (Å²) in [6.07, 6.45) is 6.93. The summed E-state index contributed by atoms with van der Waals surface area (Å²) in [6.45, 7) is 0. The van der Waals surface area contributed by atoms with Crippen LogP contribution in [0.1, 0.15) is 11.1 Å². The molecule has 0 fully saturated rings. The van der Waals surface area contributed by atoms with Crippen molar-refractivity contribution in [3.8, 4) is 0 Å². The van der Waals surface area contributed by atoms with Gasteiger partial charge in [-0.25, -0.2) is 0 Å². The van der Waals surface area contributed by atoms with Gasteiger partial charge in [0.1, 0.15) is 0 Å². The molecule has 0 atom stereocenters. The summed E-state index contributed by atoms with van der Waals surface area (Å²) in [4.78, 5) is 17.1. The van der Waals surface area contributed by atoms with Crippen molar-refractivity contribution in [1.29, 1.82) is 0 Å². The third kappa shape index (κ3) is 6.92. The zero-order chi connectivity index (χ0) is 30.0. The minimum Gasteiger partial charge on any atom is -0.311 e. The number of carbonyl (C=O) groups is 1. The second kappa shape index (κ2) is 13.8. The number of para-hydroxylation sites is 4. The van der Waals surface area contributed by atoms with Crippen LogP contribution in [-0.2, 0) is 4.79 Å². The van der Waals surface area contributed by atoms with Gasteiger partial charge < -0.3 is 9.80 Å². The van der Waals surface area contributed by atoms with E-state index in [4.69, 9.17) is 0 Å². The molecule has 0 radical (unpaired) electrons. The molecule has 0 N–H and O–H groups in total. The number of allylic oxidation sites excluding steroid dienone is 2. The fourth-order valence-electron chi connectivity index (χ4n) is 5.08. The molecule has 0 aliphatic carbocycles. The Morgan fingerprint density at radius 2 is 0.591 bits per heavy atom. The van der Waals surface area contributed by atoms with E-state index >= 15 is 0 Å². The molecule has 0 aromatic heterocycles. The molecule has 6 aromatic carbocycles. The summed E-state index contributed by atoms with van der Waals surface area (Å²) in [5.74, 6) is -0.0662. The van der Waals surface area contributed by atoms with Gasteiger partial charge in [0, 0.05) is 34.1 Å². The second-order valence-corrected chi connectivity index (χ2v) is 10.3. The number of hydrogen-bond donors (Lipinski definition) is 0. The molecule has 6 aromatic rings. The van der Waals surface area contributed by atoms with Crippen LogP contribution in [0.2, 0.25) is 0 Å². The summed E-state index contributed by atoms with van der Waals surface area (Å²) in [5.41, 5.74) is 8.36. The lowest BCUT2D eigenvalue weighted by Gasteiger charge is -2.25. The normalized spacial score (nSPS) is 11.1. The van der Waals surface area contributed by atoms with Gasteiger partial charge in [0.15, 0.2) is 5.78 Å². The molecule has 3 nitrogen and oxygen atoms in total. The van der Waals surface area contributed by atoms with E-state index < -0.39 is 0 Å². The summed E-state index contributed by atoms with van der Waals surface area (Å²) < 4.78 is 0. The average molecular weight is 569 g/mol. The molecule has 0 heterocycles. The molecule has 0 bridgehead atoms. The Morgan fingerprint density at radius 1 is 0.341 bits per heavy atom. The number of hydrogen-bond acceptors (Lipinski definition) is 3. The fourth-order valence-corrected chi connectivity index (χ4v) is 5.08. The van der Waals surface area contributed by atoms with Crippen molar-refractivity contribution in [1.82, 2.24) is 0 Å². The van der Waals surface area contributed by atoms with Gasteiger partial charge in [0.25, 0.3) is 0 Å². The molecule has 3 heteroatoms. The van der Waals surface area contributed by atoms with Crippen molar-refractivity contribution >= 4 is 52.1 Å². The first kappa shape index (κ1) is 28.2. The zero-order valence-electron chi connectivity index (χ0n) is 24.3. The lowest BCUT2D eigenvalue weighted by Crippen LogP contribution is -2.09. The first-order chi connectivity index (χ1) is 21.7. The molecule has 0 amide bonds. The largest absolute Gasteiger partial charge is 0.311 e. The SMILES string of the molecule is O=C(C=Cc1ccc(N(c2ccccc2)c2ccccc2)cc1)C=Cc1ccc(N(c2ccccc2)c2ccccc2)cc1. The monoisotopic (exact) mass is 568 g/mol. The van der Waals surface area contributed by atoms with Crippen LogP contribution in [0.15, 0.2) is 182 Å². The van der Waals surface area contributed by atoms with Crippen molar-refractivity contribution in [3.05, 3.63) is 193 Å². The summed E-state index contributed by atoms with van der Waals surface area (Å²) in [6, 6.07) is 57.7. The van der Waals surface area contributed by atoms with E-state index in [9.17, 15) is 4.79 Å². The van der Waals surface area contributed by atoms with Gasteiger partial charge in [-0.15, -0.1) is 0 Å². The molecule has 0 saturated heterocycles. The molecule has 44 heavy (non-hydrogen) atoms. The minimum absolute atomic E-state index is 0.0662. The lowest BCUT2D eigenvalue weighted by atomic mass is 10.1. The van der Waals surface area contributed by atoms with Crippen LogP contribution in [-0.4, -0.2) is 5.78 Å². The van der Waals surface area contributed by atoms with Crippen molar-refractivity contribution < 1.29 is 4.79 Å². The molecule has 0 spiro atoms. The van der Waals surface area contributed by atoms with E-state index in [2.05, 4.69) is 82.6 Å². The molecule has 6 rings (SSSR count). The summed E-state index contributed by atoms with van der Waals surface area (Å²) in [5, 5.41) is 0. The molecular formula is C41H32N2O. The Kier molecular flexibility index (Phi) is 8.86. The van der Waals surface area contributed by atoms with Gasteiger partial charge in [0.2, 0.25) is 0 Å². The second-order valence-electron chi connectivity index (χ2n) is 10.3. The highest BCUT2D eigenvalue weighted by molar-refractivity contribution is 6.04. The van der Waals surface area contributed by atoms with E-state index in [1.165, 1.54) is 0 Å². The van der Waals surface area contributed by atoms with E-state index in [1.807, 2.05) is 109 Å². The highest BCUT2D eigenvalue weighted by atomic mass is 16.1. The van der Waals surface area contributed by atoms with E-state index in [1.54, 1.807) is 12.2 Å². The quantitative estimate of drug-likeness (QED) is 0.154. The van der Waals surface area contributed by atoms with Gasteiger partial charge in [-0.05, 0) is 96.1 Å². The molecule has 0 saturated carbocycles. The highest BCUT2D eigenvalue weighted by Crippen LogP contribution is 2.35. The van der Waals surface area contributed by atoms with Crippen LogP contribution in [0.5, 0.6) is 0 Å². The van der Waals surface area contributed by atoms with E-state index in [0.717, 1.165) is 45.3 Å². The number of ketones is 1. The zero-order valence-corrected chi connectivity index (χ0v) is 24.3. The Labute approximate surface area is 259 Å². The van der Waals surface area contributed by atoms with Crippen LogP contribution >= 0.6 is 0 Å². The lowest BCUT2D eigenvalue weighted by molar-refractivity contribution is -0.110. The predicted molar refractivity (Wildman–Crippen MR) is 185 cm³/mol. The molecule has 0 unspecified atom stereocenters. The highest BCUT2D eigenvalue weighted by Gasteiger charge is 2.12. The van der Waals surface area contributed by atoms with Crippen LogP contribution in [0.25, 0.3) is 12.2 Å². The van der Waals surface area contributed by atoms with Crippen molar-refractivity contribution in [2.24, 2.45) is 0 Å². The fraction of sp³-hybridized carbons (Fsp3) is 0. The Morgan fingerprint density at radius 3 is 0.864 bits per heavy atom. The van der Waals surface area contributed by atoms with Crippen LogP contribution in [0.3, 0.4) is 0 Å². The van der Waals surface area contributed by atoms with Crippen molar-refractivity contribution in [2.45, 2.75) is 0 Å². The van der Waals surface area contributed by atoms with Crippen LogP contribution in [0.4, 0.5) is 34.1 Å². The van der Waals surface area contributed by atoms with Gasteiger partial charge in [-0.1, -0.05) is 109 Å². The average Bonchev–Trinajstić information content (AvgIpc) is 3.10. The molecule has 0 aliphatic heterocycles. The number of benzene rings is 6. The maximum atomic E-state index is 12.7. The topological polar surface area (TPSA) is 23.6 Å². The summed E-state index contributed by atoms with van der Waals surface area (Å²) >= 11 is 0. The minimum atomic E-state index is -0.0662. The third-order valence-electron chi connectivity index (χ3n) is 7.24. The number of carbonyl (C=O) groups excluding carboxylic acids is 1. The number of nitrogens with zero attached hydrogens (tertiary/aromatic N) is 2. The smallest absolute Gasteiger partial charge is 0.178 e. The third-order valence-corrected chi connectivity index (χ3v) is 7.24. The predicted octanol–water partition coefficient (Wildman–Crippen LogP) is 10.9. The van der Waals surface area contributed by atoms with Gasteiger partial charge >= 0.3 is 0 Å². The Hall–Kier alpha value is -5.93.